The lowest BCUT2D eigenvalue weighted by atomic mass is 9.57. The molecule has 1 N–H and O–H groups in total. The van der Waals surface area contributed by atoms with Gasteiger partial charge in [0.25, 0.3) is 0 Å². The average molecular weight is 345 g/mol. The first-order valence-electron chi connectivity index (χ1n) is 6.75. The zero-order chi connectivity index (χ0) is 13.8. The molecule has 0 spiro atoms. The molecule has 1 aliphatic carbocycles. The van der Waals surface area contributed by atoms with Gasteiger partial charge in [0, 0.05) is 33.5 Å². The minimum Gasteiger partial charge on any atom is -0.380 e. The summed E-state index contributed by atoms with van der Waals surface area (Å²) in [7, 11) is 0. The number of anilines is 1. The molecule has 1 saturated carbocycles. The normalized spacial score (nSPS) is 31.7. The largest absolute Gasteiger partial charge is 0.380 e. The molecule has 1 heterocycles. The molecule has 2 fully saturated rings. The first kappa shape index (κ1) is 13.7. The van der Waals surface area contributed by atoms with Crippen LogP contribution in [0.1, 0.15) is 25.8 Å². The van der Waals surface area contributed by atoms with Crippen molar-refractivity contribution in [3.05, 3.63) is 27.2 Å². The summed E-state index contributed by atoms with van der Waals surface area (Å²) in [6.45, 7) is 7.47. The van der Waals surface area contributed by atoms with Crippen LogP contribution in [0.5, 0.6) is 0 Å². The first-order chi connectivity index (χ1) is 8.91. The Labute approximate surface area is 128 Å². The van der Waals surface area contributed by atoms with Gasteiger partial charge in [-0.2, -0.15) is 0 Å². The van der Waals surface area contributed by atoms with Crippen LogP contribution >= 0.6 is 27.5 Å². The second-order valence-corrected chi connectivity index (χ2v) is 7.53. The van der Waals surface area contributed by atoms with Crippen LogP contribution in [0.4, 0.5) is 5.69 Å². The van der Waals surface area contributed by atoms with Crippen molar-refractivity contribution < 1.29 is 4.74 Å². The molecule has 1 aromatic carbocycles. The predicted octanol–water partition coefficient (Wildman–Crippen LogP) is 4.64. The van der Waals surface area contributed by atoms with Crippen LogP contribution < -0.4 is 5.32 Å². The molecule has 4 heteroatoms. The zero-order valence-corrected chi connectivity index (χ0v) is 13.8. The van der Waals surface area contributed by atoms with E-state index in [1.54, 1.807) is 0 Å². The van der Waals surface area contributed by atoms with E-state index in [2.05, 4.69) is 41.2 Å². The van der Waals surface area contributed by atoms with Crippen LogP contribution in [-0.4, -0.2) is 18.8 Å². The summed E-state index contributed by atoms with van der Waals surface area (Å²) in [6.07, 6.45) is 1.56. The highest BCUT2D eigenvalue weighted by Gasteiger charge is 2.59. The molecular formula is C15H19BrClNO. The first-order valence-corrected chi connectivity index (χ1v) is 7.92. The maximum absolute atomic E-state index is 6.23. The molecule has 1 saturated heterocycles. The van der Waals surface area contributed by atoms with Crippen molar-refractivity contribution in [1.82, 2.24) is 0 Å². The Morgan fingerprint density at radius 2 is 2.16 bits per heavy atom. The number of rotatable bonds is 2. The summed E-state index contributed by atoms with van der Waals surface area (Å²) in [5, 5.41) is 4.47. The standard InChI is InChI=1S/C15H19BrClNO/c1-8-6-10(16)12(7-11(8)17)18-13-9-4-5-19-14(9)15(13,2)3/h6-7,9,13-14,18H,4-5H2,1-3H3. The predicted molar refractivity (Wildman–Crippen MR) is 82.9 cm³/mol. The third-order valence-electron chi connectivity index (χ3n) is 4.66. The smallest absolute Gasteiger partial charge is 0.0694 e. The molecule has 1 aliphatic heterocycles. The molecule has 2 aliphatic rings. The molecule has 3 rings (SSSR count). The maximum Gasteiger partial charge on any atom is 0.0694 e. The number of hydrogen-bond donors (Lipinski definition) is 1. The van der Waals surface area contributed by atoms with Crippen molar-refractivity contribution in [3.8, 4) is 0 Å². The van der Waals surface area contributed by atoms with Gasteiger partial charge >= 0.3 is 0 Å². The second-order valence-electron chi connectivity index (χ2n) is 6.27. The maximum atomic E-state index is 6.23. The van der Waals surface area contributed by atoms with E-state index in [1.807, 2.05) is 13.0 Å². The van der Waals surface area contributed by atoms with Crippen molar-refractivity contribution >= 4 is 33.2 Å². The van der Waals surface area contributed by atoms with Gasteiger partial charge in [0.2, 0.25) is 0 Å². The Bertz CT molecular complexity index is 517. The SMILES string of the molecule is Cc1cc(Br)c(NC2C3CCOC3C2(C)C)cc1Cl. The third-order valence-corrected chi connectivity index (χ3v) is 5.72. The Hall–Kier alpha value is -0.250. The number of benzene rings is 1. The average Bonchev–Trinajstić information content (AvgIpc) is 2.78. The van der Waals surface area contributed by atoms with Gasteiger partial charge in [0.15, 0.2) is 0 Å². The molecular weight excluding hydrogens is 326 g/mol. The number of aryl methyl sites for hydroxylation is 1. The topological polar surface area (TPSA) is 21.3 Å². The summed E-state index contributed by atoms with van der Waals surface area (Å²) in [4.78, 5) is 0. The van der Waals surface area contributed by atoms with E-state index in [0.717, 1.165) is 33.8 Å². The second kappa shape index (κ2) is 4.64. The summed E-state index contributed by atoms with van der Waals surface area (Å²) in [5.74, 6) is 0.627. The van der Waals surface area contributed by atoms with Gasteiger partial charge in [0.05, 0.1) is 11.8 Å². The van der Waals surface area contributed by atoms with Crippen molar-refractivity contribution in [2.45, 2.75) is 39.3 Å². The number of nitrogens with one attached hydrogen (secondary N) is 1. The quantitative estimate of drug-likeness (QED) is 0.844. The molecule has 2 nitrogen and oxygen atoms in total. The lowest BCUT2D eigenvalue weighted by Gasteiger charge is -2.55. The number of fused-ring (bicyclic) bond motifs is 1. The van der Waals surface area contributed by atoms with Gasteiger partial charge in [0.1, 0.15) is 0 Å². The van der Waals surface area contributed by atoms with Gasteiger partial charge in [-0.25, -0.2) is 0 Å². The van der Waals surface area contributed by atoms with Crippen molar-refractivity contribution in [3.63, 3.8) is 0 Å². The Morgan fingerprint density at radius 3 is 2.89 bits per heavy atom. The highest BCUT2D eigenvalue weighted by atomic mass is 79.9. The Kier molecular flexibility index (Phi) is 3.35. The lowest BCUT2D eigenvalue weighted by Crippen LogP contribution is -2.63. The highest BCUT2D eigenvalue weighted by molar-refractivity contribution is 9.10. The van der Waals surface area contributed by atoms with E-state index in [4.69, 9.17) is 16.3 Å². The molecule has 0 bridgehead atoms. The van der Waals surface area contributed by atoms with Gasteiger partial charge in [-0.15, -0.1) is 0 Å². The molecule has 1 aromatic rings. The van der Waals surface area contributed by atoms with Crippen LogP contribution in [0, 0.1) is 18.3 Å². The van der Waals surface area contributed by atoms with Crippen molar-refractivity contribution in [2.24, 2.45) is 11.3 Å². The minimum atomic E-state index is 0.179. The fraction of sp³-hybridized carbons (Fsp3) is 0.600. The van der Waals surface area contributed by atoms with E-state index in [9.17, 15) is 0 Å². The Balaban J connectivity index is 1.84. The molecule has 19 heavy (non-hydrogen) atoms. The highest BCUT2D eigenvalue weighted by Crippen LogP contribution is 2.53. The number of halogens is 2. The summed E-state index contributed by atoms with van der Waals surface area (Å²) in [6, 6.07) is 4.54. The van der Waals surface area contributed by atoms with Crippen LogP contribution in [0.2, 0.25) is 5.02 Å². The summed E-state index contributed by atoms with van der Waals surface area (Å²) >= 11 is 9.85. The molecule has 104 valence electrons. The van der Waals surface area contributed by atoms with E-state index >= 15 is 0 Å². The van der Waals surface area contributed by atoms with Gasteiger partial charge in [-0.1, -0.05) is 25.4 Å². The molecule has 3 unspecified atom stereocenters. The fourth-order valence-corrected chi connectivity index (χ4v) is 4.28. The molecule has 0 amide bonds. The van der Waals surface area contributed by atoms with E-state index in [0.29, 0.717) is 18.1 Å². The van der Waals surface area contributed by atoms with Gasteiger partial charge in [-0.05, 0) is 47.0 Å². The monoisotopic (exact) mass is 343 g/mol. The summed E-state index contributed by atoms with van der Waals surface area (Å²) < 4.78 is 6.91. The minimum absolute atomic E-state index is 0.179. The molecule has 3 atom stereocenters. The van der Waals surface area contributed by atoms with Crippen LogP contribution in [-0.2, 0) is 4.74 Å². The van der Waals surface area contributed by atoms with Gasteiger partial charge in [-0.3, -0.25) is 0 Å². The Morgan fingerprint density at radius 1 is 1.42 bits per heavy atom. The lowest BCUT2D eigenvalue weighted by molar-refractivity contribution is -0.0923. The molecule has 0 radical (unpaired) electrons. The van der Waals surface area contributed by atoms with Crippen LogP contribution in [0.3, 0.4) is 0 Å². The van der Waals surface area contributed by atoms with E-state index < -0.39 is 0 Å². The zero-order valence-electron chi connectivity index (χ0n) is 11.5. The van der Waals surface area contributed by atoms with E-state index in [1.165, 1.54) is 0 Å². The van der Waals surface area contributed by atoms with Crippen LogP contribution in [0.25, 0.3) is 0 Å². The molecule has 0 aromatic heterocycles. The fourth-order valence-electron chi connectivity index (χ4n) is 3.54. The number of hydrogen-bond acceptors (Lipinski definition) is 2. The van der Waals surface area contributed by atoms with Crippen LogP contribution in [0.15, 0.2) is 16.6 Å². The van der Waals surface area contributed by atoms with Crippen molar-refractivity contribution in [2.75, 3.05) is 11.9 Å². The van der Waals surface area contributed by atoms with Gasteiger partial charge < -0.3 is 10.1 Å². The summed E-state index contributed by atoms with van der Waals surface area (Å²) in [5.41, 5.74) is 2.35. The third kappa shape index (κ3) is 2.10. The number of ether oxygens (including phenoxy) is 1. The van der Waals surface area contributed by atoms with E-state index in [-0.39, 0.29) is 5.41 Å². The van der Waals surface area contributed by atoms with Crippen molar-refractivity contribution in [1.29, 1.82) is 0 Å².